The van der Waals surface area contributed by atoms with Crippen molar-refractivity contribution in [2.45, 2.75) is 25.4 Å². The molecule has 11 nitrogen and oxygen atoms in total. The van der Waals surface area contributed by atoms with Crippen molar-refractivity contribution >= 4 is 45.8 Å². The average molecular weight is 825 g/mol. The van der Waals surface area contributed by atoms with Crippen LogP contribution < -0.4 is 21.3 Å². The van der Waals surface area contributed by atoms with E-state index in [1.54, 1.807) is 0 Å². The molecule has 0 fully saturated rings. The Morgan fingerprint density at radius 2 is 0.983 bits per heavy atom. The van der Waals surface area contributed by atoms with E-state index >= 15 is 0 Å². The minimum Gasteiger partial charge on any atom is -0.438 e. The molecule has 6 aromatic carbocycles. The van der Waals surface area contributed by atoms with Crippen LogP contribution in [0.5, 0.6) is 0 Å². The number of nitrogens with zero attached hydrogens (tertiary/aromatic N) is 10. The van der Waals surface area contributed by atoms with Gasteiger partial charge in [-0.15, -0.1) is 0 Å². The molecule has 0 spiro atoms. The van der Waals surface area contributed by atoms with Gasteiger partial charge in [0.1, 0.15) is 17.8 Å². The number of benzene rings is 6. The third-order valence-electron chi connectivity index (χ3n) is 11.2. The average Bonchev–Trinajstić information content (AvgIpc) is 4.15. The summed E-state index contributed by atoms with van der Waals surface area (Å²) in [5, 5.41) is 10.2. The van der Waals surface area contributed by atoms with Crippen LogP contribution in [0.3, 0.4) is 0 Å². The maximum Gasteiger partial charge on any atom is 2.00 e. The summed E-state index contributed by atoms with van der Waals surface area (Å²) in [7, 11) is 0. The van der Waals surface area contributed by atoms with Gasteiger partial charge in [0.2, 0.25) is 0 Å². The van der Waals surface area contributed by atoms with Crippen molar-refractivity contribution in [3.05, 3.63) is 218 Å². The van der Waals surface area contributed by atoms with E-state index in [4.69, 9.17) is 40.3 Å². The fourth-order valence-electron chi connectivity index (χ4n) is 8.33. The molecule has 2 atom stereocenters. The number of hydrogen-bond donors (Lipinski definition) is 1. The zero-order valence-electron chi connectivity index (χ0n) is 31.7. The summed E-state index contributed by atoms with van der Waals surface area (Å²) in [5.74, 6) is 4.24. The van der Waals surface area contributed by atoms with Crippen LogP contribution in [0.25, 0.3) is 16.1 Å². The van der Waals surface area contributed by atoms with Crippen molar-refractivity contribution in [2.75, 3.05) is 0 Å². The third-order valence-corrected chi connectivity index (χ3v) is 11.2. The summed E-state index contributed by atoms with van der Waals surface area (Å²) in [4.78, 5) is 43.9. The van der Waals surface area contributed by atoms with Gasteiger partial charge in [-0.2, -0.15) is 0 Å². The molecule has 1 radical (unpaired) electrons. The molecule has 0 saturated carbocycles. The van der Waals surface area contributed by atoms with Crippen LogP contribution in [0.15, 0.2) is 186 Å². The van der Waals surface area contributed by atoms with Gasteiger partial charge >= 0.3 is 17.1 Å². The van der Waals surface area contributed by atoms with Crippen molar-refractivity contribution in [2.24, 2.45) is 39.9 Å². The molecule has 289 valence electrons. The zero-order chi connectivity index (χ0) is 38.9. The first-order chi connectivity index (χ1) is 29.2. The standard InChI is InChI=1S/C32H18N8.C16H13N3.Cu/c1-2-10-18-17(9-1)25-33-26(18)38-28-21-13-5-6-14-22(21)30(35-28)40-32-24-16-8-7-15-23(24)31(36-32)39-29-20-12-4-3-11-19(20)27(34-29)37-25;1-3-7-13-11(5-1)9-17-15(13)19-16-14-8-4-2-6-12(14)10-18-16;/h1-16,25,30H;1-8H,9-10H2,(H,17,18,19);/q-2;;+2. The predicted molar refractivity (Wildman–Crippen MR) is 230 cm³/mol. The van der Waals surface area contributed by atoms with Gasteiger partial charge in [-0.05, 0) is 38.6 Å². The zero-order valence-corrected chi connectivity index (χ0v) is 32.6. The Kier molecular flexibility index (Phi) is 8.61. The van der Waals surface area contributed by atoms with Crippen LogP contribution in [0.1, 0.15) is 68.0 Å². The summed E-state index contributed by atoms with van der Waals surface area (Å²) < 4.78 is 0. The maximum atomic E-state index is 5.04. The van der Waals surface area contributed by atoms with Crippen molar-refractivity contribution in [3.63, 3.8) is 0 Å². The number of rotatable bonds is 0. The van der Waals surface area contributed by atoms with Gasteiger partial charge < -0.3 is 30.6 Å². The van der Waals surface area contributed by atoms with Crippen LogP contribution in [0, 0.1) is 0 Å². The first kappa shape index (κ1) is 35.7. The van der Waals surface area contributed by atoms with Gasteiger partial charge in [-0.1, -0.05) is 151 Å². The Morgan fingerprint density at radius 3 is 1.68 bits per heavy atom. The number of nitrogens with one attached hydrogen (secondary N) is 1. The number of aromatic nitrogens is 1. The summed E-state index contributed by atoms with van der Waals surface area (Å²) in [6, 6.07) is 48.8. The van der Waals surface area contributed by atoms with E-state index in [0.717, 1.165) is 68.9 Å². The summed E-state index contributed by atoms with van der Waals surface area (Å²) in [5.41, 5.74) is 11.8. The molecule has 13 rings (SSSR count). The molecule has 1 aromatic heterocycles. The largest absolute Gasteiger partial charge is 2.00 e. The number of aliphatic imine (C=N–C) groups is 6. The van der Waals surface area contributed by atoms with Gasteiger partial charge in [0, 0.05) is 38.8 Å². The minimum absolute atomic E-state index is 0. The predicted octanol–water partition coefficient (Wildman–Crippen LogP) is 7.04. The van der Waals surface area contributed by atoms with Crippen LogP contribution >= 0.6 is 0 Å². The van der Waals surface area contributed by atoms with Crippen LogP contribution in [-0.2, 0) is 30.2 Å². The van der Waals surface area contributed by atoms with Crippen LogP contribution in [-0.4, -0.2) is 35.0 Å². The van der Waals surface area contributed by atoms with Gasteiger partial charge in [0.15, 0.2) is 5.84 Å². The summed E-state index contributed by atoms with van der Waals surface area (Å²) in [6.45, 7) is 1.51. The van der Waals surface area contributed by atoms with Gasteiger partial charge in [-0.25, -0.2) is 4.99 Å². The second-order valence-electron chi connectivity index (χ2n) is 14.7. The molecule has 8 bridgehead atoms. The van der Waals surface area contributed by atoms with Crippen LogP contribution in [0.4, 0.5) is 0 Å². The van der Waals surface area contributed by atoms with Crippen molar-refractivity contribution in [1.82, 2.24) is 10.3 Å². The first-order valence-electron chi connectivity index (χ1n) is 19.5. The van der Waals surface area contributed by atoms with E-state index in [1.807, 2.05) is 109 Å². The second-order valence-corrected chi connectivity index (χ2v) is 14.7. The summed E-state index contributed by atoms with van der Waals surface area (Å²) in [6.07, 6.45) is -0.951. The second kappa shape index (κ2) is 14.5. The topological polar surface area (TPSA) is 139 Å². The van der Waals surface area contributed by atoms with Crippen molar-refractivity contribution in [3.8, 4) is 0 Å². The molecule has 6 aliphatic heterocycles. The van der Waals surface area contributed by atoms with E-state index in [-0.39, 0.29) is 17.1 Å². The molecule has 7 heterocycles. The fraction of sp³-hybridized carbons (Fsp3) is 0.0833. The normalized spacial score (nSPS) is 19.5. The number of fused-ring (bicyclic) bond motifs is 20. The van der Waals surface area contributed by atoms with Gasteiger partial charge in [-0.3, -0.25) is 20.0 Å². The third kappa shape index (κ3) is 5.95. The van der Waals surface area contributed by atoms with E-state index in [2.05, 4.69) is 51.7 Å². The van der Waals surface area contributed by atoms with E-state index < -0.39 is 12.3 Å². The Hall–Kier alpha value is -7.40. The SMILES string of the molecule is [Cu+2].c1ccc2c(c1)C1=N/C2=N\C2[N-]C(=NC3=NC(/N=c4\[n-]c(c5ccccc45)=N1)c1ccccc13)c1ccccc12.c1ccc2c(c1)CN=C2NC1=NCc2ccccc21. The molecular formula is C48H31CuN11. The number of hydrogen-bond acceptors (Lipinski definition) is 9. The molecule has 0 amide bonds. The Bertz CT molecular complexity index is 3200. The molecule has 2 unspecified atom stereocenters. The molecule has 1 N–H and O–H groups in total. The van der Waals surface area contributed by atoms with Crippen molar-refractivity contribution in [1.29, 1.82) is 0 Å². The van der Waals surface area contributed by atoms with Crippen LogP contribution in [0.2, 0.25) is 0 Å². The minimum atomic E-state index is -0.476. The molecule has 6 aliphatic rings. The smallest absolute Gasteiger partial charge is 0.438 e. The Morgan fingerprint density at radius 1 is 0.450 bits per heavy atom. The summed E-state index contributed by atoms with van der Waals surface area (Å²) >= 11 is 0. The maximum absolute atomic E-state index is 5.04. The molecule has 0 saturated heterocycles. The molecule has 0 aliphatic carbocycles. The van der Waals surface area contributed by atoms with Gasteiger partial charge in [0.25, 0.3) is 0 Å². The monoisotopic (exact) mass is 824 g/mol. The Balaban J connectivity index is 0.000000171. The molecule has 7 aromatic rings. The Labute approximate surface area is 354 Å². The quantitative estimate of drug-likeness (QED) is 0.164. The number of amidine groups is 6. The van der Waals surface area contributed by atoms with E-state index in [1.165, 1.54) is 22.3 Å². The van der Waals surface area contributed by atoms with Gasteiger partial charge in [0.05, 0.1) is 30.9 Å². The van der Waals surface area contributed by atoms with Crippen molar-refractivity contribution < 1.29 is 17.1 Å². The van der Waals surface area contributed by atoms with E-state index in [0.29, 0.717) is 34.3 Å². The fourth-order valence-corrected chi connectivity index (χ4v) is 8.33. The van der Waals surface area contributed by atoms with E-state index in [9.17, 15) is 0 Å². The molecule has 12 heteroatoms. The molecule has 60 heavy (non-hydrogen) atoms. The first-order valence-corrected chi connectivity index (χ1v) is 19.5. The molecular weight excluding hydrogens is 794 g/mol.